The molecule has 0 saturated carbocycles. The van der Waals surface area contributed by atoms with Gasteiger partial charge in [0.2, 0.25) is 0 Å². The number of hydrogen-bond acceptors (Lipinski definition) is 4. The summed E-state index contributed by atoms with van der Waals surface area (Å²) in [6.07, 6.45) is 0. The smallest absolute Gasteiger partial charge is 0.265 e. The van der Waals surface area contributed by atoms with E-state index in [4.69, 9.17) is 5.26 Å². The fourth-order valence-electron chi connectivity index (χ4n) is 2.31. The highest BCUT2D eigenvalue weighted by Crippen LogP contribution is 2.25. The van der Waals surface area contributed by atoms with Crippen molar-refractivity contribution in [2.75, 3.05) is 5.32 Å². The van der Waals surface area contributed by atoms with Crippen LogP contribution < -0.4 is 10.9 Å². The van der Waals surface area contributed by atoms with Crippen LogP contribution >= 0.6 is 0 Å². The molecule has 0 aliphatic heterocycles. The number of rotatable bonds is 2. The van der Waals surface area contributed by atoms with Crippen molar-refractivity contribution in [3.05, 3.63) is 70.0 Å². The number of amides is 1. The highest BCUT2D eigenvalue weighted by atomic mass is 16.3. The van der Waals surface area contributed by atoms with Crippen LogP contribution in [0.25, 0.3) is 10.9 Å². The van der Waals surface area contributed by atoms with Crippen molar-refractivity contribution >= 4 is 22.5 Å². The summed E-state index contributed by atoms with van der Waals surface area (Å²) in [5, 5.41) is 22.1. The lowest BCUT2D eigenvalue weighted by Gasteiger charge is -2.09. The SMILES string of the molecule is N#Cc1ccccc1NC(=O)c1c(O)c2ccccc2[nH]c1=O. The number of aromatic nitrogens is 1. The molecule has 0 aliphatic rings. The van der Waals surface area contributed by atoms with Crippen LogP contribution in [0, 0.1) is 11.3 Å². The average molecular weight is 305 g/mol. The van der Waals surface area contributed by atoms with E-state index in [1.165, 1.54) is 0 Å². The molecular weight excluding hydrogens is 294 g/mol. The Kier molecular flexibility index (Phi) is 3.53. The molecule has 3 rings (SSSR count). The van der Waals surface area contributed by atoms with Crippen molar-refractivity contribution in [1.82, 2.24) is 4.98 Å². The van der Waals surface area contributed by atoms with Gasteiger partial charge in [0.25, 0.3) is 11.5 Å². The maximum atomic E-state index is 12.4. The maximum absolute atomic E-state index is 12.4. The number of hydrogen-bond donors (Lipinski definition) is 3. The van der Waals surface area contributed by atoms with E-state index in [1.54, 1.807) is 48.5 Å². The van der Waals surface area contributed by atoms with Crippen LogP contribution in [0.3, 0.4) is 0 Å². The van der Waals surface area contributed by atoms with Gasteiger partial charge in [-0.05, 0) is 24.3 Å². The number of carbonyl (C=O) groups is 1. The minimum atomic E-state index is -0.780. The summed E-state index contributed by atoms with van der Waals surface area (Å²) < 4.78 is 0. The van der Waals surface area contributed by atoms with Crippen molar-refractivity contribution in [2.45, 2.75) is 0 Å². The molecule has 2 aromatic carbocycles. The summed E-state index contributed by atoms with van der Waals surface area (Å²) >= 11 is 0. The molecule has 1 heterocycles. The van der Waals surface area contributed by atoms with Crippen molar-refractivity contribution < 1.29 is 9.90 Å². The quantitative estimate of drug-likeness (QED) is 0.675. The van der Waals surface area contributed by atoms with Gasteiger partial charge in [0.15, 0.2) is 0 Å². The number of anilines is 1. The number of para-hydroxylation sites is 2. The second-order valence-corrected chi connectivity index (χ2v) is 4.83. The standard InChI is InChI=1S/C17H11N3O3/c18-9-10-5-1-3-7-12(10)19-16(22)14-15(21)11-6-2-4-8-13(11)20-17(14)23/h1-8H,(H,19,22)(H2,20,21,23). The average Bonchev–Trinajstić information content (AvgIpc) is 2.55. The number of aromatic hydroxyl groups is 1. The first-order valence-electron chi connectivity index (χ1n) is 6.76. The third-order valence-electron chi connectivity index (χ3n) is 3.42. The van der Waals surface area contributed by atoms with Crippen LogP contribution in [0.1, 0.15) is 15.9 Å². The van der Waals surface area contributed by atoms with Gasteiger partial charge in [-0.3, -0.25) is 9.59 Å². The molecular formula is C17H11N3O3. The first-order valence-corrected chi connectivity index (χ1v) is 6.76. The van der Waals surface area contributed by atoms with E-state index in [0.29, 0.717) is 10.9 Å². The topological polar surface area (TPSA) is 106 Å². The van der Waals surface area contributed by atoms with E-state index in [2.05, 4.69) is 10.3 Å². The minimum absolute atomic E-state index is 0.262. The second-order valence-electron chi connectivity index (χ2n) is 4.83. The summed E-state index contributed by atoms with van der Waals surface area (Å²) in [5.41, 5.74) is -0.127. The van der Waals surface area contributed by atoms with E-state index in [0.717, 1.165) is 0 Å². The predicted octanol–water partition coefficient (Wildman–Crippen LogP) is 2.36. The van der Waals surface area contributed by atoms with Crippen molar-refractivity contribution in [2.24, 2.45) is 0 Å². The van der Waals surface area contributed by atoms with E-state index in [-0.39, 0.29) is 11.3 Å². The van der Waals surface area contributed by atoms with Crippen LogP contribution in [-0.4, -0.2) is 16.0 Å². The van der Waals surface area contributed by atoms with E-state index in [1.807, 2.05) is 6.07 Å². The Morgan fingerprint density at radius 2 is 1.83 bits per heavy atom. The van der Waals surface area contributed by atoms with Gasteiger partial charge in [-0.2, -0.15) is 5.26 Å². The monoisotopic (exact) mass is 305 g/mol. The maximum Gasteiger partial charge on any atom is 0.265 e. The highest BCUT2D eigenvalue weighted by molar-refractivity contribution is 6.09. The first-order chi connectivity index (χ1) is 11.1. The van der Waals surface area contributed by atoms with Crippen LogP contribution in [0.15, 0.2) is 53.3 Å². The Labute approximate surface area is 130 Å². The highest BCUT2D eigenvalue weighted by Gasteiger charge is 2.19. The van der Waals surface area contributed by atoms with Crippen LogP contribution in [0.5, 0.6) is 5.75 Å². The number of carbonyl (C=O) groups excluding carboxylic acids is 1. The number of pyridine rings is 1. The number of nitrogens with one attached hydrogen (secondary N) is 2. The Morgan fingerprint density at radius 1 is 1.13 bits per heavy atom. The lowest BCUT2D eigenvalue weighted by Crippen LogP contribution is -2.23. The predicted molar refractivity (Wildman–Crippen MR) is 85.3 cm³/mol. The van der Waals surface area contributed by atoms with Gasteiger partial charge >= 0.3 is 0 Å². The lowest BCUT2D eigenvalue weighted by molar-refractivity contribution is 0.102. The lowest BCUT2D eigenvalue weighted by atomic mass is 10.1. The molecule has 0 fully saturated rings. The largest absolute Gasteiger partial charge is 0.506 e. The molecule has 3 N–H and O–H groups in total. The van der Waals surface area contributed by atoms with E-state index < -0.39 is 22.8 Å². The van der Waals surface area contributed by atoms with Crippen LogP contribution in [-0.2, 0) is 0 Å². The van der Waals surface area contributed by atoms with Gasteiger partial charge < -0.3 is 15.4 Å². The fraction of sp³-hybridized carbons (Fsp3) is 0. The Morgan fingerprint density at radius 3 is 2.61 bits per heavy atom. The molecule has 1 aromatic heterocycles. The van der Waals surface area contributed by atoms with Gasteiger partial charge in [-0.25, -0.2) is 0 Å². The van der Waals surface area contributed by atoms with Gasteiger partial charge in [0.1, 0.15) is 17.4 Å². The molecule has 0 radical (unpaired) electrons. The zero-order chi connectivity index (χ0) is 16.4. The zero-order valence-electron chi connectivity index (χ0n) is 11.8. The molecule has 0 bridgehead atoms. The Bertz CT molecular complexity index is 1020. The zero-order valence-corrected chi connectivity index (χ0v) is 11.8. The first kappa shape index (κ1) is 14.4. The Hall–Kier alpha value is -3.59. The molecule has 0 atom stereocenters. The number of H-pyrrole nitrogens is 1. The number of nitrogens with zero attached hydrogens (tertiary/aromatic N) is 1. The summed E-state index contributed by atoms with van der Waals surface area (Å²) in [5.74, 6) is -1.17. The summed E-state index contributed by atoms with van der Waals surface area (Å²) in [7, 11) is 0. The van der Waals surface area contributed by atoms with Crippen LogP contribution in [0.2, 0.25) is 0 Å². The molecule has 0 saturated heterocycles. The number of fused-ring (bicyclic) bond motifs is 1. The molecule has 0 aliphatic carbocycles. The molecule has 0 spiro atoms. The molecule has 23 heavy (non-hydrogen) atoms. The number of benzene rings is 2. The van der Waals surface area contributed by atoms with E-state index >= 15 is 0 Å². The van der Waals surface area contributed by atoms with Gasteiger partial charge in [-0.15, -0.1) is 0 Å². The number of aromatic amines is 1. The molecule has 6 heteroatoms. The van der Waals surface area contributed by atoms with Crippen molar-refractivity contribution in [3.8, 4) is 11.8 Å². The molecule has 6 nitrogen and oxygen atoms in total. The third kappa shape index (κ3) is 2.51. The molecule has 112 valence electrons. The summed E-state index contributed by atoms with van der Waals surface area (Å²) in [6.45, 7) is 0. The Balaban J connectivity index is 2.08. The molecule has 0 unspecified atom stereocenters. The summed E-state index contributed by atoms with van der Waals surface area (Å²) in [4.78, 5) is 27.0. The minimum Gasteiger partial charge on any atom is -0.506 e. The number of nitriles is 1. The van der Waals surface area contributed by atoms with E-state index in [9.17, 15) is 14.7 Å². The second kappa shape index (κ2) is 5.66. The van der Waals surface area contributed by atoms with Crippen molar-refractivity contribution in [1.29, 1.82) is 5.26 Å². The normalized spacial score (nSPS) is 10.2. The molecule has 3 aromatic rings. The third-order valence-corrected chi connectivity index (χ3v) is 3.42. The van der Waals surface area contributed by atoms with Crippen LogP contribution in [0.4, 0.5) is 5.69 Å². The van der Waals surface area contributed by atoms with Gasteiger partial charge in [0, 0.05) is 5.39 Å². The molecule has 1 amide bonds. The van der Waals surface area contributed by atoms with Gasteiger partial charge in [-0.1, -0.05) is 24.3 Å². The summed E-state index contributed by atoms with van der Waals surface area (Å²) in [6, 6.07) is 15.0. The van der Waals surface area contributed by atoms with Gasteiger partial charge in [0.05, 0.1) is 16.8 Å². The van der Waals surface area contributed by atoms with Crippen molar-refractivity contribution in [3.63, 3.8) is 0 Å². The fourth-order valence-corrected chi connectivity index (χ4v) is 2.31.